The van der Waals surface area contributed by atoms with Crippen LogP contribution < -0.4 is 5.32 Å². The van der Waals surface area contributed by atoms with Gasteiger partial charge in [0, 0.05) is 4.47 Å². The van der Waals surface area contributed by atoms with Crippen molar-refractivity contribution in [3.8, 4) is 0 Å². The Morgan fingerprint density at radius 2 is 2.28 bits per heavy atom. The maximum absolute atomic E-state index is 5.82. The summed E-state index contributed by atoms with van der Waals surface area (Å²) in [6, 6.07) is 6.61. The lowest BCUT2D eigenvalue weighted by Crippen LogP contribution is -2.26. The summed E-state index contributed by atoms with van der Waals surface area (Å²) < 4.78 is 6.94. The Kier molecular flexibility index (Phi) is 4.84. The summed E-state index contributed by atoms with van der Waals surface area (Å²) in [6.07, 6.45) is 4.47. The van der Waals surface area contributed by atoms with Crippen LogP contribution >= 0.6 is 15.9 Å². The van der Waals surface area contributed by atoms with Crippen LogP contribution in [0.25, 0.3) is 0 Å². The van der Waals surface area contributed by atoms with E-state index < -0.39 is 0 Å². The Bertz CT molecular complexity index is 442. The topological polar surface area (TPSA) is 21.3 Å². The molecule has 0 fully saturated rings. The van der Waals surface area contributed by atoms with E-state index in [1.54, 1.807) is 0 Å². The van der Waals surface area contributed by atoms with E-state index in [-0.39, 0.29) is 6.04 Å². The van der Waals surface area contributed by atoms with Gasteiger partial charge in [0.25, 0.3) is 0 Å². The quantitative estimate of drug-likeness (QED) is 0.904. The summed E-state index contributed by atoms with van der Waals surface area (Å²) in [4.78, 5) is 0. The highest BCUT2D eigenvalue weighted by atomic mass is 79.9. The highest BCUT2D eigenvalue weighted by Crippen LogP contribution is 2.29. The number of ether oxygens (including phenoxy) is 1. The van der Waals surface area contributed by atoms with Crippen molar-refractivity contribution < 1.29 is 4.74 Å². The highest BCUT2D eigenvalue weighted by molar-refractivity contribution is 9.10. The Morgan fingerprint density at radius 1 is 1.44 bits per heavy atom. The molecule has 1 aliphatic heterocycles. The van der Waals surface area contributed by atoms with Gasteiger partial charge in [-0.15, -0.1) is 0 Å². The third kappa shape index (κ3) is 3.15. The molecule has 1 unspecified atom stereocenters. The molecule has 1 aliphatic rings. The molecule has 1 aromatic rings. The SMILES string of the molecule is CCNC(C1=CCCCO1)c1ccc(Br)cc1C. The van der Waals surface area contributed by atoms with Crippen LogP contribution in [-0.4, -0.2) is 13.2 Å². The van der Waals surface area contributed by atoms with Crippen LogP contribution in [-0.2, 0) is 4.74 Å². The molecule has 0 saturated carbocycles. The van der Waals surface area contributed by atoms with Gasteiger partial charge in [-0.1, -0.05) is 28.9 Å². The molecule has 0 amide bonds. The van der Waals surface area contributed by atoms with Crippen LogP contribution in [0, 0.1) is 6.92 Å². The summed E-state index contributed by atoms with van der Waals surface area (Å²) in [5.74, 6) is 1.08. The smallest absolute Gasteiger partial charge is 0.113 e. The van der Waals surface area contributed by atoms with Gasteiger partial charge in [-0.2, -0.15) is 0 Å². The number of halogens is 1. The monoisotopic (exact) mass is 309 g/mol. The Balaban J connectivity index is 2.31. The lowest BCUT2D eigenvalue weighted by Gasteiger charge is -2.26. The fourth-order valence-electron chi connectivity index (χ4n) is 2.31. The van der Waals surface area contributed by atoms with Gasteiger partial charge < -0.3 is 10.1 Å². The van der Waals surface area contributed by atoms with Crippen molar-refractivity contribution in [3.63, 3.8) is 0 Å². The zero-order valence-corrected chi connectivity index (χ0v) is 12.6. The van der Waals surface area contributed by atoms with E-state index >= 15 is 0 Å². The van der Waals surface area contributed by atoms with Gasteiger partial charge in [0.2, 0.25) is 0 Å². The first-order valence-corrected chi connectivity index (χ1v) is 7.34. The molecule has 0 aromatic heterocycles. The maximum Gasteiger partial charge on any atom is 0.113 e. The fourth-order valence-corrected chi connectivity index (χ4v) is 2.78. The molecule has 0 radical (unpaired) electrons. The standard InChI is InChI=1S/C15H20BrNO/c1-3-17-15(14-6-4-5-9-18-14)13-8-7-12(16)10-11(13)2/h6-8,10,15,17H,3-5,9H2,1-2H3. The molecular formula is C15H20BrNO. The molecule has 1 N–H and O–H groups in total. The van der Waals surface area contributed by atoms with Crippen LogP contribution in [0.4, 0.5) is 0 Å². The number of likely N-dealkylation sites (N-methyl/N-ethyl adjacent to an activating group) is 1. The van der Waals surface area contributed by atoms with Crippen molar-refractivity contribution in [1.82, 2.24) is 5.32 Å². The van der Waals surface area contributed by atoms with Crippen LogP contribution in [0.5, 0.6) is 0 Å². The second-order valence-electron chi connectivity index (χ2n) is 4.59. The average Bonchev–Trinajstić information content (AvgIpc) is 2.38. The van der Waals surface area contributed by atoms with Crippen LogP contribution in [0.3, 0.4) is 0 Å². The molecule has 98 valence electrons. The first-order valence-electron chi connectivity index (χ1n) is 6.54. The molecule has 18 heavy (non-hydrogen) atoms. The maximum atomic E-state index is 5.82. The second-order valence-corrected chi connectivity index (χ2v) is 5.50. The first-order chi connectivity index (χ1) is 8.72. The zero-order valence-electron chi connectivity index (χ0n) is 11.0. The van der Waals surface area contributed by atoms with Crippen molar-refractivity contribution in [2.24, 2.45) is 0 Å². The lowest BCUT2D eigenvalue weighted by atomic mass is 9.98. The Hall–Kier alpha value is -0.800. The van der Waals surface area contributed by atoms with E-state index in [4.69, 9.17) is 4.74 Å². The van der Waals surface area contributed by atoms with Gasteiger partial charge in [-0.05, 0) is 55.6 Å². The van der Waals surface area contributed by atoms with Crippen LogP contribution in [0.15, 0.2) is 34.5 Å². The van der Waals surface area contributed by atoms with E-state index in [1.807, 2.05) is 0 Å². The largest absolute Gasteiger partial charge is 0.496 e. The number of hydrogen-bond acceptors (Lipinski definition) is 2. The van der Waals surface area contributed by atoms with E-state index in [9.17, 15) is 0 Å². The molecular weight excluding hydrogens is 290 g/mol. The summed E-state index contributed by atoms with van der Waals surface area (Å²) in [7, 11) is 0. The van der Waals surface area contributed by atoms with Gasteiger partial charge >= 0.3 is 0 Å². The highest BCUT2D eigenvalue weighted by Gasteiger charge is 2.20. The molecule has 0 saturated heterocycles. The molecule has 0 aliphatic carbocycles. The summed E-state index contributed by atoms with van der Waals surface area (Å²) in [5, 5.41) is 3.52. The number of nitrogens with one attached hydrogen (secondary N) is 1. The van der Waals surface area contributed by atoms with Crippen molar-refractivity contribution in [1.29, 1.82) is 0 Å². The Morgan fingerprint density at radius 3 is 2.89 bits per heavy atom. The van der Waals surface area contributed by atoms with E-state index in [0.29, 0.717) is 0 Å². The normalized spacial score (nSPS) is 16.9. The van der Waals surface area contributed by atoms with Crippen molar-refractivity contribution in [3.05, 3.63) is 45.6 Å². The van der Waals surface area contributed by atoms with E-state index in [0.717, 1.165) is 36.2 Å². The molecule has 0 bridgehead atoms. The number of benzene rings is 1. The van der Waals surface area contributed by atoms with Gasteiger partial charge in [-0.25, -0.2) is 0 Å². The molecule has 1 heterocycles. The molecule has 1 atom stereocenters. The minimum absolute atomic E-state index is 0.184. The zero-order chi connectivity index (χ0) is 13.0. The van der Waals surface area contributed by atoms with Crippen LogP contribution in [0.2, 0.25) is 0 Å². The average molecular weight is 310 g/mol. The van der Waals surface area contributed by atoms with E-state index in [1.165, 1.54) is 11.1 Å². The summed E-state index contributed by atoms with van der Waals surface area (Å²) in [6.45, 7) is 6.04. The lowest BCUT2D eigenvalue weighted by molar-refractivity contribution is 0.168. The summed E-state index contributed by atoms with van der Waals surface area (Å²) >= 11 is 3.51. The Labute approximate surface area is 118 Å². The van der Waals surface area contributed by atoms with Gasteiger partial charge in [-0.3, -0.25) is 0 Å². The minimum Gasteiger partial charge on any atom is -0.496 e. The number of allylic oxidation sites excluding steroid dienone is 1. The van der Waals surface area contributed by atoms with Gasteiger partial charge in [0.05, 0.1) is 12.6 Å². The van der Waals surface area contributed by atoms with Gasteiger partial charge in [0.1, 0.15) is 5.76 Å². The number of rotatable bonds is 4. The predicted octanol–water partition coefficient (Wildman–Crippen LogP) is 4.10. The van der Waals surface area contributed by atoms with Crippen molar-refractivity contribution >= 4 is 15.9 Å². The molecule has 3 heteroatoms. The van der Waals surface area contributed by atoms with Gasteiger partial charge in [0.15, 0.2) is 0 Å². The molecule has 1 aromatic carbocycles. The van der Waals surface area contributed by atoms with Crippen LogP contribution in [0.1, 0.15) is 36.9 Å². The minimum atomic E-state index is 0.184. The first kappa shape index (κ1) is 13.6. The molecule has 2 nitrogen and oxygen atoms in total. The number of aryl methyl sites for hydroxylation is 1. The summed E-state index contributed by atoms with van der Waals surface area (Å²) in [5.41, 5.74) is 2.58. The predicted molar refractivity (Wildman–Crippen MR) is 78.6 cm³/mol. The second kappa shape index (κ2) is 6.39. The van der Waals surface area contributed by atoms with E-state index in [2.05, 4.69) is 59.4 Å². The van der Waals surface area contributed by atoms with Crippen molar-refractivity contribution in [2.45, 2.75) is 32.7 Å². The molecule has 0 spiro atoms. The number of hydrogen-bond donors (Lipinski definition) is 1. The third-order valence-electron chi connectivity index (χ3n) is 3.20. The molecule has 2 rings (SSSR count). The third-order valence-corrected chi connectivity index (χ3v) is 3.69. The fraction of sp³-hybridized carbons (Fsp3) is 0.467. The van der Waals surface area contributed by atoms with Crippen molar-refractivity contribution in [2.75, 3.05) is 13.2 Å².